The zero-order chi connectivity index (χ0) is 16.5. The fourth-order valence-electron chi connectivity index (χ4n) is 3.06. The van der Waals surface area contributed by atoms with E-state index in [-0.39, 0.29) is 17.7 Å². The molecule has 0 aromatic heterocycles. The van der Waals surface area contributed by atoms with Crippen molar-refractivity contribution in [2.45, 2.75) is 12.3 Å². The largest absolute Gasteiger partial charge is 0.486 e. The highest BCUT2D eigenvalue weighted by atomic mass is 16.6. The molecule has 1 heterocycles. The molecule has 5 heteroatoms. The first-order valence-corrected chi connectivity index (χ1v) is 7.96. The van der Waals surface area contributed by atoms with Crippen LogP contribution in [-0.2, 0) is 4.79 Å². The summed E-state index contributed by atoms with van der Waals surface area (Å²) in [6.07, 6.45) is 0.806. The summed E-state index contributed by atoms with van der Waals surface area (Å²) in [6.45, 7) is 1.12. The van der Waals surface area contributed by atoms with Crippen LogP contribution in [0, 0.1) is 17.2 Å². The molecule has 1 amide bonds. The number of para-hydroxylation sites is 1. The van der Waals surface area contributed by atoms with Crippen LogP contribution in [0.5, 0.6) is 11.5 Å². The van der Waals surface area contributed by atoms with E-state index in [0.29, 0.717) is 24.5 Å². The molecular weight excluding hydrogens is 304 g/mol. The van der Waals surface area contributed by atoms with Gasteiger partial charge in [-0.05, 0) is 42.2 Å². The molecule has 1 fully saturated rings. The molecule has 0 spiro atoms. The average Bonchev–Trinajstić information content (AvgIpc) is 3.43. The van der Waals surface area contributed by atoms with E-state index in [1.807, 2.05) is 24.3 Å². The van der Waals surface area contributed by atoms with Crippen molar-refractivity contribution in [2.75, 3.05) is 18.5 Å². The van der Waals surface area contributed by atoms with Gasteiger partial charge in [-0.15, -0.1) is 0 Å². The Kier molecular flexibility index (Phi) is 3.58. The van der Waals surface area contributed by atoms with E-state index in [1.54, 1.807) is 18.2 Å². The smallest absolute Gasteiger partial charge is 0.228 e. The Morgan fingerprint density at radius 1 is 1.12 bits per heavy atom. The summed E-state index contributed by atoms with van der Waals surface area (Å²) in [6, 6.07) is 15.0. The van der Waals surface area contributed by atoms with Gasteiger partial charge in [-0.2, -0.15) is 5.26 Å². The van der Waals surface area contributed by atoms with Crippen molar-refractivity contribution < 1.29 is 14.3 Å². The van der Waals surface area contributed by atoms with Crippen molar-refractivity contribution in [3.05, 3.63) is 53.6 Å². The molecule has 2 aliphatic rings. The second kappa shape index (κ2) is 5.89. The molecule has 0 saturated heterocycles. The quantitative estimate of drug-likeness (QED) is 0.943. The minimum Gasteiger partial charge on any atom is -0.486 e. The third-order valence-corrected chi connectivity index (χ3v) is 4.43. The van der Waals surface area contributed by atoms with Crippen LogP contribution in [0.4, 0.5) is 5.69 Å². The lowest BCUT2D eigenvalue weighted by Crippen LogP contribution is -2.16. The summed E-state index contributed by atoms with van der Waals surface area (Å²) in [4.78, 5) is 12.4. The van der Waals surface area contributed by atoms with Gasteiger partial charge in [0.25, 0.3) is 0 Å². The molecule has 0 bridgehead atoms. The molecule has 5 nitrogen and oxygen atoms in total. The Labute approximate surface area is 139 Å². The fraction of sp³-hybridized carbons (Fsp3) is 0.263. The third-order valence-electron chi connectivity index (χ3n) is 4.43. The molecule has 1 N–H and O–H groups in total. The first-order chi connectivity index (χ1) is 11.8. The third kappa shape index (κ3) is 2.67. The lowest BCUT2D eigenvalue weighted by atomic mass is 10.1. The normalized spacial score (nSPS) is 20.8. The minimum atomic E-state index is -0.0701. The lowest BCUT2D eigenvalue weighted by molar-refractivity contribution is -0.117. The summed E-state index contributed by atoms with van der Waals surface area (Å²) < 4.78 is 11.1. The van der Waals surface area contributed by atoms with Gasteiger partial charge >= 0.3 is 0 Å². The number of fused-ring (bicyclic) bond motifs is 1. The van der Waals surface area contributed by atoms with Crippen molar-refractivity contribution in [1.82, 2.24) is 0 Å². The highest BCUT2D eigenvalue weighted by Crippen LogP contribution is 2.49. The predicted octanol–water partition coefficient (Wildman–Crippen LogP) is 3.07. The van der Waals surface area contributed by atoms with Crippen molar-refractivity contribution >= 4 is 11.6 Å². The lowest BCUT2D eigenvalue weighted by Gasteiger charge is -2.18. The number of nitrogens with zero attached hydrogens (tertiary/aromatic N) is 1. The first kappa shape index (κ1) is 14.6. The van der Waals surface area contributed by atoms with Crippen LogP contribution in [0.2, 0.25) is 0 Å². The predicted molar refractivity (Wildman–Crippen MR) is 88.1 cm³/mol. The van der Waals surface area contributed by atoms with E-state index in [2.05, 4.69) is 11.4 Å². The number of carbonyl (C=O) groups excluding carboxylic acids is 1. The summed E-state index contributed by atoms with van der Waals surface area (Å²) in [7, 11) is 0. The molecule has 1 aliphatic carbocycles. The maximum absolute atomic E-state index is 12.4. The molecule has 120 valence electrons. The van der Waals surface area contributed by atoms with Crippen LogP contribution in [0.3, 0.4) is 0 Å². The topological polar surface area (TPSA) is 71.4 Å². The van der Waals surface area contributed by atoms with Gasteiger partial charge in [0.15, 0.2) is 11.5 Å². The number of benzene rings is 2. The Balaban J connectivity index is 1.46. The average molecular weight is 320 g/mol. The Morgan fingerprint density at radius 2 is 1.92 bits per heavy atom. The number of hydrogen-bond donors (Lipinski definition) is 1. The molecule has 0 radical (unpaired) electrons. The van der Waals surface area contributed by atoms with E-state index in [1.165, 1.54) is 0 Å². The van der Waals surface area contributed by atoms with E-state index in [9.17, 15) is 4.79 Å². The maximum atomic E-state index is 12.4. The second-order valence-electron chi connectivity index (χ2n) is 6.00. The van der Waals surface area contributed by atoms with Gasteiger partial charge in [-0.3, -0.25) is 4.79 Å². The summed E-state index contributed by atoms with van der Waals surface area (Å²) in [5.74, 6) is 1.58. The highest BCUT2D eigenvalue weighted by molar-refractivity contribution is 5.96. The number of carbonyl (C=O) groups is 1. The molecular formula is C19H16N2O3. The van der Waals surface area contributed by atoms with Crippen LogP contribution >= 0.6 is 0 Å². The standard InChI is InChI=1S/C19H16N2O3/c20-11-13-3-1-2-4-16(13)21-19(22)15-10-14(15)12-5-6-17-18(9-12)24-8-7-23-17/h1-6,9,14-15H,7-8,10H2,(H,21,22)/t14-,15-/m0/s1. The summed E-state index contributed by atoms with van der Waals surface area (Å²) in [5, 5.41) is 12.0. The fourth-order valence-corrected chi connectivity index (χ4v) is 3.06. The van der Waals surface area contributed by atoms with Crippen LogP contribution in [0.25, 0.3) is 0 Å². The number of rotatable bonds is 3. The number of amides is 1. The van der Waals surface area contributed by atoms with Crippen LogP contribution in [0.15, 0.2) is 42.5 Å². The molecule has 1 aliphatic heterocycles. The number of nitrogens with one attached hydrogen (secondary N) is 1. The minimum absolute atomic E-state index is 0.0439. The van der Waals surface area contributed by atoms with E-state index in [4.69, 9.17) is 14.7 Å². The second-order valence-corrected chi connectivity index (χ2v) is 6.00. The van der Waals surface area contributed by atoms with Crippen LogP contribution < -0.4 is 14.8 Å². The van der Waals surface area contributed by atoms with Crippen molar-refractivity contribution in [2.24, 2.45) is 5.92 Å². The van der Waals surface area contributed by atoms with Crippen LogP contribution in [-0.4, -0.2) is 19.1 Å². The zero-order valence-corrected chi connectivity index (χ0v) is 13.0. The van der Waals surface area contributed by atoms with Gasteiger partial charge in [0.1, 0.15) is 19.3 Å². The van der Waals surface area contributed by atoms with Crippen molar-refractivity contribution in [1.29, 1.82) is 5.26 Å². The molecule has 4 rings (SSSR count). The van der Waals surface area contributed by atoms with Crippen LogP contribution in [0.1, 0.15) is 23.5 Å². The van der Waals surface area contributed by atoms with Gasteiger partial charge < -0.3 is 14.8 Å². The summed E-state index contributed by atoms with van der Waals surface area (Å²) in [5.41, 5.74) is 2.13. The number of anilines is 1. The summed E-state index contributed by atoms with van der Waals surface area (Å²) >= 11 is 0. The Bertz CT molecular complexity index is 841. The highest BCUT2D eigenvalue weighted by Gasteiger charge is 2.44. The number of hydrogen-bond acceptors (Lipinski definition) is 4. The maximum Gasteiger partial charge on any atom is 0.228 e. The zero-order valence-electron chi connectivity index (χ0n) is 13.0. The molecule has 1 saturated carbocycles. The first-order valence-electron chi connectivity index (χ1n) is 7.96. The SMILES string of the molecule is N#Cc1ccccc1NC(=O)[C@H]1C[C@H]1c1ccc2c(c1)OCCO2. The van der Waals surface area contributed by atoms with E-state index in [0.717, 1.165) is 23.5 Å². The van der Waals surface area contributed by atoms with Crippen molar-refractivity contribution in [3.8, 4) is 17.6 Å². The monoisotopic (exact) mass is 320 g/mol. The Hall–Kier alpha value is -3.00. The van der Waals surface area contributed by atoms with Gasteiger partial charge in [0.2, 0.25) is 5.91 Å². The van der Waals surface area contributed by atoms with E-state index < -0.39 is 0 Å². The molecule has 24 heavy (non-hydrogen) atoms. The molecule has 0 unspecified atom stereocenters. The van der Waals surface area contributed by atoms with Crippen molar-refractivity contribution in [3.63, 3.8) is 0 Å². The molecule has 2 atom stereocenters. The number of nitriles is 1. The van der Waals surface area contributed by atoms with Gasteiger partial charge in [-0.25, -0.2) is 0 Å². The van der Waals surface area contributed by atoms with Gasteiger partial charge in [-0.1, -0.05) is 18.2 Å². The van der Waals surface area contributed by atoms with E-state index >= 15 is 0 Å². The van der Waals surface area contributed by atoms with Gasteiger partial charge in [0, 0.05) is 5.92 Å². The Morgan fingerprint density at radius 3 is 2.75 bits per heavy atom. The molecule has 2 aromatic carbocycles. The molecule has 2 aromatic rings. The van der Waals surface area contributed by atoms with Gasteiger partial charge in [0.05, 0.1) is 11.3 Å². The number of ether oxygens (including phenoxy) is 2.